The number of nitrogens with zero attached hydrogens (tertiary/aromatic N) is 3. The Balaban J connectivity index is 2.10. The minimum absolute atomic E-state index is 0.123. The molecule has 3 aromatic rings. The number of aryl methyl sites for hydroxylation is 4. The molecule has 8 heteroatoms. The summed E-state index contributed by atoms with van der Waals surface area (Å²) in [6.07, 6.45) is 0.526. The van der Waals surface area contributed by atoms with Crippen LogP contribution in [0.1, 0.15) is 28.8 Å². The van der Waals surface area contributed by atoms with Crippen LogP contribution in [-0.2, 0) is 16.4 Å². The zero-order chi connectivity index (χ0) is 16.8. The van der Waals surface area contributed by atoms with Gasteiger partial charge in [0.05, 0.1) is 5.69 Å². The molecule has 0 saturated carbocycles. The summed E-state index contributed by atoms with van der Waals surface area (Å²) in [6, 6.07) is 5.48. The number of aromatic nitrogens is 3. The number of anilines is 1. The molecule has 6 nitrogen and oxygen atoms in total. The Morgan fingerprint density at radius 2 is 1.96 bits per heavy atom. The third-order valence-corrected chi connectivity index (χ3v) is 5.93. The molecule has 2 heterocycles. The summed E-state index contributed by atoms with van der Waals surface area (Å²) < 4.78 is 29.8. The van der Waals surface area contributed by atoms with E-state index in [1.165, 1.54) is 15.9 Å². The van der Waals surface area contributed by atoms with Crippen LogP contribution in [0.5, 0.6) is 0 Å². The van der Waals surface area contributed by atoms with Crippen LogP contribution in [0, 0.1) is 20.8 Å². The molecule has 0 aliphatic heterocycles. The standard InChI is InChI=1S/C15H18N4O2S2/c1-5-13-14(19-15(16-13)22-11(4)17-19)23(20,21)18-12-7-6-9(2)10(3)8-12/h6-8,18H,5H2,1-4H3. The van der Waals surface area contributed by atoms with Crippen molar-refractivity contribution in [3.63, 3.8) is 0 Å². The second-order valence-corrected chi connectivity index (χ2v) is 8.19. The highest BCUT2D eigenvalue weighted by Crippen LogP contribution is 2.25. The Kier molecular flexibility index (Phi) is 3.89. The van der Waals surface area contributed by atoms with Gasteiger partial charge in [0.25, 0.3) is 10.0 Å². The third-order valence-electron chi connectivity index (χ3n) is 3.68. The molecule has 0 atom stereocenters. The second-order valence-electron chi connectivity index (χ2n) is 5.44. The van der Waals surface area contributed by atoms with Crippen LogP contribution < -0.4 is 4.72 Å². The van der Waals surface area contributed by atoms with Gasteiger partial charge in [-0.3, -0.25) is 4.72 Å². The fraction of sp³-hybridized carbons (Fsp3) is 0.333. The van der Waals surface area contributed by atoms with Crippen LogP contribution in [0.25, 0.3) is 4.96 Å². The van der Waals surface area contributed by atoms with Gasteiger partial charge in [0.15, 0.2) is 0 Å². The number of hydrogen-bond donors (Lipinski definition) is 1. The first-order valence-electron chi connectivity index (χ1n) is 7.27. The van der Waals surface area contributed by atoms with Gasteiger partial charge in [0.2, 0.25) is 9.99 Å². The minimum atomic E-state index is -3.76. The Bertz CT molecular complexity index is 986. The van der Waals surface area contributed by atoms with E-state index in [9.17, 15) is 8.42 Å². The molecule has 0 saturated heterocycles. The Morgan fingerprint density at radius 3 is 2.61 bits per heavy atom. The van der Waals surface area contributed by atoms with Crippen LogP contribution >= 0.6 is 11.3 Å². The van der Waals surface area contributed by atoms with Crippen LogP contribution in [0.15, 0.2) is 23.2 Å². The quantitative estimate of drug-likeness (QED) is 0.784. The fourth-order valence-electron chi connectivity index (χ4n) is 2.37. The van der Waals surface area contributed by atoms with Gasteiger partial charge in [-0.15, -0.1) is 0 Å². The summed E-state index contributed by atoms with van der Waals surface area (Å²) in [6.45, 7) is 7.65. The lowest BCUT2D eigenvalue weighted by atomic mass is 10.1. The molecular weight excluding hydrogens is 332 g/mol. The van der Waals surface area contributed by atoms with Crippen molar-refractivity contribution in [3.8, 4) is 0 Å². The maximum atomic E-state index is 12.9. The van der Waals surface area contributed by atoms with E-state index in [-0.39, 0.29) is 5.03 Å². The smallest absolute Gasteiger partial charge is 0.278 e. The molecule has 0 aliphatic rings. The fourth-order valence-corrected chi connectivity index (χ4v) is 4.58. The van der Waals surface area contributed by atoms with Gasteiger partial charge in [0.1, 0.15) is 5.01 Å². The van der Waals surface area contributed by atoms with Crippen molar-refractivity contribution in [1.82, 2.24) is 14.6 Å². The van der Waals surface area contributed by atoms with Gasteiger partial charge in [-0.1, -0.05) is 24.3 Å². The zero-order valence-electron chi connectivity index (χ0n) is 13.4. The molecule has 122 valence electrons. The molecule has 0 radical (unpaired) electrons. The molecule has 0 aliphatic carbocycles. The zero-order valence-corrected chi connectivity index (χ0v) is 15.0. The highest BCUT2D eigenvalue weighted by atomic mass is 32.2. The van der Waals surface area contributed by atoms with Crippen molar-refractivity contribution in [2.24, 2.45) is 0 Å². The van der Waals surface area contributed by atoms with Crippen LogP contribution in [0.3, 0.4) is 0 Å². The SMILES string of the molecule is CCc1nc2sc(C)nn2c1S(=O)(=O)Nc1ccc(C)c(C)c1. The van der Waals surface area contributed by atoms with Gasteiger partial charge in [-0.2, -0.15) is 18.0 Å². The molecule has 1 aromatic carbocycles. The molecule has 0 spiro atoms. The van der Waals surface area contributed by atoms with E-state index in [4.69, 9.17) is 0 Å². The maximum absolute atomic E-state index is 12.9. The number of benzene rings is 1. The summed E-state index contributed by atoms with van der Waals surface area (Å²) in [5.74, 6) is 0. The van der Waals surface area contributed by atoms with E-state index >= 15 is 0 Å². The lowest BCUT2D eigenvalue weighted by Crippen LogP contribution is -2.17. The van der Waals surface area contributed by atoms with Crippen LogP contribution in [-0.4, -0.2) is 23.0 Å². The summed E-state index contributed by atoms with van der Waals surface area (Å²) in [4.78, 5) is 4.99. The summed E-state index contributed by atoms with van der Waals surface area (Å²) in [7, 11) is -3.76. The first-order chi connectivity index (χ1) is 10.8. The van der Waals surface area contributed by atoms with Gasteiger partial charge < -0.3 is 0 Å². The molecule has 2 aromatic heterocycles. The van der Waals surface area contributed by atoms with Crippen LogP contribution in [0.2, 0.25) is 0 Å². The van der Waals surface area contributed by atoms with E-state index in [1.54, 1.807) is 6.07 Å². The molecule has 3 rings (SSSR count). The van der Waals surface area contributed by atoms with Crippen molar-refractivity contribution in [2.45, 2.75) is 39.1 Å². The van der Waals surface area contributed by atoms with Crippen LogP contribution in [0.4, 0.5) is 5.69 Å². The lowest BCUT2D eigenvalue weighted by molar-refractivity contribution is 0.591. The molecule has 23 heavy (non-hydrogen) atoms. The number of sulfonamides is 1. The Hall–Kier alpha value is -1.93. The second kappa shape index (κ2) is 5.61. The number of fused-ring (bicyclic) bond motifs is 1. The number of hydrogen-bond acceptors (Lipinski definition) is 5. The topological polar surface area (TPSA) is 76.4 Å². The van der Waals surface area contributed by atoms with Crippen molar-refractivity contribution in [1.29, 1.82) is 0 Å². The number of nitrogens with one attached hydrogen (secondary N) is 1. The number of rotatable bonds is 4. The van der Waals surface area contributed by atoms with Crippen molar-refractivity contribution in [2.75, 3.05) is 4.72 Å². The molecule has 0 amide bonds. The van der Waals surface area contributed by atoms with E-state index in [0.717, 1.165) is 16.1 Å². The highest BCUT2D eigenvalue weighted by Gasteiger charge is 2.26. The third kappa shape index (κ3) is 2.84. The monoisotopic (exact) mass is 350 g/mol. The average Bonchev–Trinajstić information content (AvgIpc) is 2.97. The molecule has 0 fully saturated rings. The lowest BCUT2D eigenvalue weighted by Gasteiger charge is -2.10. The molecular formula is C15H18N4O2S2. The predicted octanol–water partition coefficient (Wildman–Crippen LogP) is 3.08. The first kappa shape index (κ1) is 15.9. The van der Waals surface area contributed by atoms with Crippen molar-refractivity contribution >= 4 is 32.0 Å². The van der Waals surface area contributed by atoms with Gasteiger partial charge >= 0.3 is 0 Å². The summed E-state index contributed by atoms with van der Waals surface area (Å²) >= 11 is 1.38. The number of imidazole rings is 1. The Morgan fingerprint density at radius 1 is 1.22 bits per heavy atom. The molecule has 1 N–H and O–H groups in total. The van der Waals surface area contributed by atoms with E-state index in [1.807, 2.05) is 39.8 Å². The van der Waals surface area contributed by atoms with Gasteiger partial charge in [0, 0.05) is 5.69 Å². The Labute approximate surface area is 139 Å². The first-order valence-corrected chi connectivity index (χ1v) is 9.57. The predicted molar refractivity (Wildman–Crippen MR) is 91.7 cm³/mol. The highest BCUT2D eigenvalue weighted by molar-refractivity contribution is 7.92. The van der Waals surface area contributed by atoms with E-state index in [0.29, 0.717) is 22.8 Å². The average molecular weight is 350 g/mol. The summed E-state index contributed by atoms with van der Waals surface area (Å²) in [5.41, 5.74) is 3.21. The van der Waals surface area contributed by atoms with E-state index in [2.05, 4.69) is 14.8 Å². The molecule has 0 bridgehead atoms. The largest absolute Gasteiger partial charge is 0.281 e. The molecule has 0 unspecified atom stereocenters. The van der Waals surface area contributed by atoms with Gasteiger partial charge in [-0.05, 0) is 50.5 Å². The van der Waals surface area contributed by atoms with E-state index < -0.39 is 10.0 Å². The minimum Gasteiger partial charge on any atom is -0.278 e. The van der Waals surface area contributed by atoms with Crippen molar-refractivity contribution < 1.29 is 8.42 Å². The van der Waals surface area contributed by atoms with Gasteiger partial charge in [-0.25, -0.2) is 4.98 Å². The normalized spacial score (nSPS) is 12.0. The summed E-state index contributed by atoms with van der Waals surface area (Å²) in [5, 5.41) is 5.17. The maximum Gasteiger partial charge on any atom is 0.281 e. The van der Waals surface area contributed by atoms with Crippen molar-refractivity contribution in [3.05, 3.63) is 40.0 Å².